The molecule has 0 aromatic heterocycles. The summed E-state index contributed by atoms with van der Waals surface area (Å²) in [5.41, 5.74) is 7.39. The summed E-state index contributed by atoms with van der Waals surface area (Å²) in [5, 5.41) is 0. The molecule has 4 aliphatic carbocycles. The monoisotopic (exact) mass is 255 g/mol. The van der Waals surface area contributed by atoms with Gasteiger partial charge >= 0.3 is 0 Å². The smallest absolute Gasteiger partial charge is 0.224 e. The van der Waals surface area contributed by atoms with Crippen molar-refractivity contribution >= 4 is 5.91 Å². The van der Waals surface area contributed by atoms with Gasteiger partial charge in [0.05, 0.1) is 5.41 Å². The van der Waals surface area contributed by atoms with Crippen LogP contribution in [0.4, 0.5) is 0 Å². The zero-order chi connectivity index (χ0) is 13.3. The molecule has 2 N–H and O–H groups in total. The number of hydrogen-bond acceptors (Lipinski definition) is 1. The van der Waals surface area contributed by atoms with Crippen LogP contribution in [0, 0.1) is 16.7 Å². The molecule has 4 fully saturated rings. The fraction of sp³-hybridized carbons (Fsp3) is 0.588. The van der Waals surface area contributed by atoms with E-state index in [9.17, 15) is 4.79 Å². The first kappa shape index (κ1) is 11.5. The average Bonchev–Trinajstić information content (AvgIpc) is 2.69. The lowest BCUT2D eigenvalue weighted by Gasteiger charge is -2.40. The summed E-state index contributed by atoms with van der Waals surface area (Å²) >= 11 is 0. The molecule has 4 unspecified atom stereocenters. The van der Waals surface area contributed by atoms with Crippen LogP contribution in [-0.2, 0) is 10.2 Å². The molecule has 1 aromatic carbocycles. The van der Waals surface area contributed by atoms with Gasteiger partial charge in [-0.25, -0.2) is 0 Å². The number of benzene rings is 1. The van der Waals surface area contributed by atoms with Gasteiger partial charge in [-0.2, -0.15) is 0 Å². The molecule has 1 amide bonds. The fourth-order valence-electron chi connectivity index (χ4n) is 6.00. The summed E-state index contributed by atoms with van der Waals surface area (Å²) < 4.78 is 0. The van der Waals surface area contributed by atoms with Crippen molar-refractivity contribution in [2.24, 2.45) is 22.5 Å². The number of carbonyl (C=O) groups excluding carboxylic acids is 1. The highest BCUT2D eigenvalue weighted by molar-refractivity contribution is 5.83. The SMILES string of the molecule is CC12CC3CC(c4ccccc4)(C1)CC2(C(N)=O)C3. The maximum absolute atomic E-state index is 12.2. The van der Waals surface area contributed by atoms with E-state index >= 15 is 0 Å². The van der Waals surface area contributed by atoms with Crippen molar-refractivity contribution in [3.63, 3.8) is 0 Å². The molecule has 0 spiro atoms. The molecule has 0 heterocycles. The Labute approximate surface area is 114 Å². The van der Waals surface area contributed by atoms with Crippen molar-refractivity contribution in [1.82, 2.24) is 0 Å². The predicted molar refractivity (Wildman–Crippen MR) is 74.4 cm³/mol. The van der Waals surface area contributed by atoms with Gasteiger partial charge in [-0.05, 0) is 54.4 Å². The van der Waals surface area contributed by atoms with Gasteiger partial charge in [-0.15, -0.1) is 0 Å². The van der Waals surface area contributed by atoms with Crippen LogP contribution in [-0.4, -0.2) is 5.91 Å². The number of primary amides is 1. The van der Waals surface area contributed by atoms with E-state index in [1.54, 1.807) is 0 Å². The predicted octanol–water partition coefficient (Wildman–Crippen LogP) is 3.01. The van der Waals surface area contributed by atoms with E-state index in [1.807, 2.05) is 0 Å². The fourth-order valence-corrected chi connectivity index (χ4v) is 6.00. The number of amides is 1. The van der Waals surface area contributed by atoms with Gasteiger partial charge in [0, 0.05) is 0 Å². The molecule has 1 aromatic rings. The summed E-state index contributed by atoms with van der Waals surface area (Å²) in [6.45, 7) is 2.31. The topological polar surface area (TPSA) is 43.1 Å². The van der Waals surface area contributed by atoms with E-state index < -0.39 is 0 Å². The maximum Gasteiger partial charge on any atom is 0.224 e. The lowest BCUT2D eigenvalue weighted by molar-refractivity contribution is -0.132. The van der Waals surface area contributed by atoms with Crippen LogP contribution in [0.2, 0.25) is 0 Å². The number of nitrogens with two attached hydrogens (primary N) is 1. The van der Waals surface area contributed by atoms with E-state index in [4.69, 9.17) is 5.73 Å². The van der Waals surface area contributed by atoms with Crippen LogP contribution in [0.1, 0.15) is 44.6 Å². The minimum atomic E-state index is -0.230. The minimum Gasteiger partial charge on any atom is -0.369 e. The van der Waals surface area contributed by atoms with Crippen LogP contribution in [0.25, 0.3) is 0 Å². The minimum absolute atomic E-state index is 0.0463. The molecule has 2 heteroatoms. The Morgan fingerprint density at radius 2 is 1.89 bits per heavy atom. The second-order valence-electron chi connectivity index (χ2n) is 7.49. The quantitative estimate of drug-likeness (QED) is 0.867. The molecular weight excluding hydrogens is 234 g/mol. The number of carbonyl (C=O) groups is 1. The third-order valence-corrected chi connectivity index (χ3v) is 6.44. The zero-order valence-electron chi connectivity index (χ0n) is 11.5. The third-order valence-electron chi connectivity index (χ3n) is 6.44. The largest absolute Gasteiger partial charge is 0.369 e. The molecule has 5 rings (SSSR count). The zero-order valence-corrected chi connectivity index (χ0v) is 11.5. The highest BCUT2D eigenvalue weighted by Crippen LogP contribution is 2.76. The van der Waals surface area contributed by atoms with Crippen molar-refractivity contribution in [1.29, 1.82) is 0 Å². The second kappa shape index (κ2) is 3.23. The van der Waals surface area contributed by atoms with Gasteiger partial charge in [0.2, 0.25) is 5.91 Å². The van der Waals surface area contributed by atoms with E-state index in [-0.39, 0.29) is 22.2 Å². The van der Waals surface area contributed by atoms with Crippen molar-refractivity contribution < 1.29 is 4.79 Å². The highest BCUT2D eigenvalue weighted by Gasteiger charge is 2.72. The van der Waals surface area contributed by atoms with Crippen molar-refractivity contribution in [3.8, 4) is 0 Å². The Kier molecular flexibility index (Phi) is 1.95. The van der Waals surface area contributed by atoms with Gasteiger partial charge in [-0.1, -0.05) is 37.3 Å². The molecule has 2 nitrogen and oxygen atoms in total. The highest BCUT2D eigenvalue weighted by atomic mass is 16.1. The first-order valence-electron chi connectivity index (χ1n) is 7.35. The maximum atomic E-state index is 12.2. The van der Waals surface area contributed by atoms with Crippen LogP contribution in [0.5, 0.6) is 0 Å². The van der Waals surface area contributed by atoms with Crippen LogP contribution >= 0.6 is 0 Å². The normalized spacial score (nSPS) is 46.7. The second-order valence-corrected chi connectivity index (χ2v) is 7.49. The first-order valence-corrected chi connectivity index (χ1v) is 7.35. The van der Waals surface area contributed by atoms with E-state index in [2.05, 4.69) is 37.3 Å². The van der Waals surface area contributed by atoms with Crippen molar-refractivity contribution in [2.75, 3.05) is 0 Å². The Hall–Kier alpha value is -1.31. The molecule has 4 aliphatic rings. The lowest BCUT2D eigenvalue weighted by Crippen LogP contribution is -2.43. The van der Waals surface area contributed by atoms with Gasteiger partial charge in [-0.3, -0.25) is 4.79 Å². The average molecular weight is 255 g/mol. The molecule has 0 radical (unpaired) electrons. The molecule has 0 saturated heterocycles. The summed E-state index contributed by atoms with van der Waals surface area (Å²) in [5.74, 6) is 0.648. The summed E-state index contributed by atoms with van der Waals surface area (Å²) in [4.78, 5) is 12.2. The molecule has 19 heavy (non-hydrogen) atoms. The van der Waals surface area contributed by atoms with Gasteiger partial charge in [0.15, 0.2) is 0 Å². The molecule has 4 bridgehead atoms. The molecule has 4 atom stereocenters. The molecule has 100 valence electrons. The first-order chi connectivity index (χ1) is 9.00. The summed E-state index contributed by atoms with van der Waals surface area (Å²) in [6.07, 6.45) is 5.61. The lowest BCUT2D eigenvalue weighted by atomic mass is 9.63. The standard InChI is InChI=1S/C17H21NO/c1-15-7-12-8-16(10-15,13-5-3-2-4-6-13)11-17(15,9-12)14(18)19/h2-6,12H,7-11H2,1H3,(H2,18,19). The molecule has 0 aliphatic heterocycles. The van der Waals surface area contributed by atoms with Crippen LogP contribution in [0.15, 0.2) is 30.3 Å². The summed E-state index contributed by atoms with van der Waals surface area (Å²) in [6, 6.07) is 10.8. The van der Waals surface area contributed by atoms with Gasteiger partial charge < -0.3 is 5.73 Å². The number of hydrogen-bond donors (Lipinski definition) is 1. The van der Waals surface area contributed by atoms with Gasteiger partial charge in [0.1, 0.15) is 0 Å². The Balaban J connectivity index is 1.86. The van der Waals surface area contributed by atoms with E-state index in [1.165, 1.54) is 18.4 Å². The molecular formula is C17H21NO. The Bertz CT molecular complexity index is 554. The van der Waals surface area contributed by atoms with Crippen molar-refractivity contribution in [2.45, 2.75) is 44.4 Å². The Morgan fingerprint density at radius 3 is 2.53 bits per heavy atom. The molecule has 4 saturated carbocycles. The summed E-state index contributed by atoms with van der Waals surface area (Å²) in [7, 11) is 0. The third kappa shape index (κ3) is 1.20. The van der Waals surface area contributed by atoms with E-state index in [0.29, 0.717) is 5.92 Å². The van der Waals surface area contributed by atoms with Crippen LogP contribution in [0.3, 0.4) is 0 Å². The Morgan fingerprint density at radius 1 is 1.16 bits per heavy atom. The van der Waals surface area contributed by atoms with E-state index in [0.717, 1.165) is 19.3 Å². The van der Waals surface area contributed by atoms with Gasteiger partial charge in [0.25, 0.3) is 0 Å². The van der Waals surface area contributed by atoms with Crippen LogP contribution < -0.4 is 5.73 Å². The number of rotatable bonds is 2. The van der Waals surface area contributed by atoms with Crippen molar-refractivity contribution in [3.05, 3.63) is 35.9 Å².